The summed E-state index contributed by atoms with van der Waals surface area (Å²) < 4.78 is 11.6. The molecule has 0 spiro atoms. The maximum absolute atomic E-state index is 13.8. The topological polar surface area (TPSA) is 80.0 Å². The number of carbonyl (C=O) groups excluding carboxylic acids is 1. The SMILES string of the molecule is CCCCc1cc(=O)oc2cc(O[C@H](C)C(=O)N3CC[C@@]4(O)CCCC[C@H]4[C@@H]3c3ccc(Cl)cc3)ccc12. The molecule has 0 bridgehead atoms. The summed E-state index contributed by atoms with van der Waals surface area (Å²) in [5.74, 6) is 0.304. The van der Waals surface area contributed by atoms with Crippen molar-refractivity contribution in [2.75, 3.05) is 6.54 Å². The van der Waals surface area contributed by atoms with Crippen molar-refractivity contribution in [2.24, 2.45) is 5.92 Å². The van der Waals surface area contributed by atoms with Gasteiger partial charge in [0, 0.05) is 35.0 Å². The summed E-state index contributed by atoms with van der Waals surface area (Å²) in [6.45, 7) is 4.33. The smallest absolute Gasteiger partial charge is 0.336 e. The summed E-state index contributed by atoms with van der Waals surface area (Å²) in [5, 5.41) is 13.0. The molecule has 1 saturated carbocycles. The van der Waals surface area contributed by atoms with Gasteiger partial charge in [0.15, 0.2) is 6.10 Å². The minimum absolute atomic E-state index is 0.0428. The number of likely N-dealkylation sites (tertiary alicyclic amines) is 1. The molecule has 1 aliphatic carbocycles. The van der Waals surface area contributed by atoms with Gasteiger partial charge in [-0.15, -0.1) is 0 Å². The number of aryl methyl sites for hydroxylation is 1. The van der Waals surface area contributed by atoms with Crippen LogP contribution in [0.15, 0.2) is 57.7 Å². The summed E-state index contributed by atoms with van der Waals surface area (Å²) >= 11 is 6.16. The van der Waals surface area contributed by atoms with Crippen molar-refractivity contribution in [3.8, 4) is 5.75 Å². The lowest BCUT2D eigenvalue weighted by Crippen LogP contribution is -2.58. The molecule has 1 aromatic heterocycles. The number of hydrogen-bond acceptors (Lipinski definition) is 5. The maximum Gasteiger partial charge on any atom is 0.336 e. The molecule has 1 N–H and O–H groups in total. The molecule has 202 valence electrons. The van der Waals surface area contributed by atoms with E-state index in [1.54, 1.807) is 19.1 Å². The van der Waals surface area contributed by atoms with Gasteiger partial charge in [0.05, 0.1) is 11.6 Å². The summed E-state index contributed by atoms with van der Waals surface area (Å²) in [4.78, 5) is 27.9. The van der Waals surface area contributed by atoms with Crippen LogP contribution in [0.25, 0.3) is 11.0 Å². The Kier molecular flexibility index (Phi) is 7.83. The van der Waals surface area contributed by atoms with Crippen LogP contribution < -0.4 is 10.4 Å². The molecule has 0 radical (unpaired) electrons. The molecule has 0 unspecified atom stereocenters. The van der Waals surface area contributed by atoms with E-state index in [9.17, 15) is 14.7 Å². The number of carbonyl (C=O) groups is 1. The lowest BCUT2D eigenvalue weighted by molar-refractivity contribution is -0.161. The number of piperidine rings is 1. The van der Waals surface area contributed by atoms with Gasteiger partial charge in [0.1, 0.15) is 11.3 Å². The minimum Gasteiger partial charge on any atom is -0.481 e. The van der Waals surface area contributed by atoms with Gasteiger partial charge in [-0.05, 0) is 74.4 Å². The van der Waals surface area contributed by atoms with Crippen LogP contribution in [0.1, 0.15) is 76.0 Å². The van der Waals surface area contributed by atoms with Gasteiger partial charge < -0.3 is 19.2 Å². The van der Waals surface area contributed by atoms with Gasteiger partial charge >= 0.3 is 5.63 Å². The Bertz CT molecular complexity index is 1350. The van der Waals surface area contributed by atoms with Crippen LogP contribution in [0.4, 0.5) is 0 Å². The van der Waals surface area contributed by atoms with E-state index in [0.717, 1.165) is 61.5 Å². The number of hydrogen-bond donors (Lipinski definition) is 1. The van der Waals surface area contributed by atoms with Gasteiger partial charge in [-0.2, -0.15) is 0 Å². The first-order valence-corrected chi connectivity index (χ1v) is 14.2. The molecule has 1 amide bonds. The van der Waals surface area contributed by atoms with Crippen LogP contribution in [0.5, 0.6) is 5.75 Å². The predicted octanol–water partition coefficient (Wildman–Crippen LogP) is 6.45. The third kappa shape index (κ3) is 5.34. The average molecular weight is 538 g/mol. The third-order valence-electron chi connectivity index (χ3n) is 8.32. The Morgan fingerprint density at radius 2 is 1.97 bits per heavy atom. The van der Waals surface area contributed by atoms with E-state index in [1.807, 2.05) is 41.3 Å². The fourth-order valence-corrected chi connectivity index (χ4v) is 6.47. The molecular weight excluding hydrogens is 502 g/mol. The van der Waals surface area contributed by atoms with Crippen molar-refractivity contribution in [1.82, 2.24) is 4.90 Å². The van der Waals surface area contributed by atoms with Gasteiger partial charge in [-0.3, -0.25) is 4.79 Å². The molecule has 2 aromatic carbocycles. The number of halogens is 1. The monoisotopic (exact) mass is 537 g/mol. The molecule has 3 aromatic rings. The summed E-state index contributed by atoms with van der Waals surface area (Å²) in [7, 11) is 0. The molecular formula is C31H36ClNO5. The molecule has 1 saturated heterocycles. The first kappa shape index (κ1) is 26.8. The van der Waals surface area contributed by atoms with Crippen LogP contribution >= 0.6 is 11.6 Å². The van der Waals surface area contributed by atoms with E-state index >= 15 is 0 Å². The van der Waals surface area contributed by atoms with Crippen LogP contribution in [0.2, 0.25) is 5.02 Å². The number of rotatable bonds is 7. The molecule has 2 fully saturated rings. The van der Waals surface area contributed by atoms with Crippen molar-refractivity contribution in [3.63, 3.8) is 0 Å². The Morgan fingerprint density at radius 1 is 1.18 bits per heavy atom. The predicted molar refractivity (Wildman–Crippen MR) is 149 cm³/mol. The molecule has 4 atom stereocenters. The zero-order valence-electron chi connectivity index (χ0n) is 22.1. The second-order valence-corrected chi connectivity index (χ2v) is 11.3. The van der Waals surface area contributed by atoms with Crippen LogP contribution in [-0.4, -0.2) is 34.2 Å². The van der Waals surface area contributed by atoms with E-state index in [1.165, 1.54) is 0 Å². The highest BCUT2D eigenvalue weighted by Crippen LogP contribution is 2.49. The van der Waals surface area contributed by atoms with Crippen LogP contribution in [0, 0.1) is 5.92 Å². The highest BCUT2D eigenvalue weighted by molar-refractivity contribution is 6.30. The number of nitrogens with zero attached hydrogens (tertiary/aromatic N) is 1. The Labute approximate surface area is 228 Å². The summed E-state index contributed by atoms with van der Waals surface area (Å²) in [5.41, 5.74) is 1.25. The molecule has 7 heteroatoms. The van der Waals surface area contributed by atoms with E-state index in [2.05, 4.69) is 6.92 Å². The minimum atomic E-state index is -0.769. The number of fused-ring (bicyclic) bond motifs is 2. The fraction of sp³-hybridized carbons (Fsp3) is 0.484. The lowest BCUT2D eigenvalue weighted by Gasteiger charge is -2.53. The Morgan fingerprint density at radius 3 is 2.74 bits per heavy atom. The number of benzene rings is 2. The first-order valence-electron chi connectivity index (χ1n) is 13.8. The second kappa shape index (κ2) is 11.1. The van der Waals surface area contributed by atoms with Crippen molar-refractivity contribution in [2.45, 2.75) is 83.0 Å². The van der Waals surface area contributed by atoms with Crippen LogP contribution in [-0.2, 0) is 11.2 Å². The Hall–Kier alpha value is -2.83. The normalized spacial score (nSPS) is 24.2. The van der Waals surface area contributed by atoms with E-state index in [4.69, 9.17) is 20.8 Å². The average Bonchev–Trinajstić information content (AvgIpc) is 2.90. The zero-order chi connectivity index (χ0) is 26.9. The van der Waals surface area contributed by atoms with Crippen molar-refractivity contribution >= 4 is 28.5 Å². The molecule has 5 rings (SSSR count). The highest BCUT2D eigenvalue weighted by atomic mass is 35.5. The number of aliphatic hydroxyl groups is 1. The van der Waals surface area contributed by atoms with Crippen molar-refractivity contribution in [3.05, 3.63) is 75.1 Å². The molecule has 1 aliphatic heterocycles. The van der Waals surface area contributed by atoms with E-state index in [-0.39, 0.29) is 23.5 Å². The number of amides is 1. The molecule has 38 heavy (non-hydrogen) atoms. The van der Waals surface area contributed by atoms with Crippen molar-refractivity contribution < 1.29 is 19.1 Å². The standard InChI is InChI=1S/C31H36ClNO5/c1-3-4-7-22-18-28(34)38-27-19-24(13-14-25(22)27)37-20(2)30(35)33-17-16-31(36)15-6-5-8-26(31)29(33)21-9-11-23(32)12-10-21/h9-14,18-20,26,29,36H,3-8,15-17H2,1-2H3/t20-,26+,29+,31+/m1/s1. The fourth-order valence-electron chi connectivity index (χ4n) is 6.35. The summed E-state index contributed by atoms with van der Waals surface area (Å²) in [6, 6.07) is 14.3. The maximum atomic E-state index is 13.8. The Balaban J connectivity index is 1.40. The third-order valence-corrected chi connectivity index (χ3v) is 8.58. The van der Waals surface area contributed by atoms with Crippen LogP contribution in [0.3, 0.4) is 0 Å². The lowest BCUT2D eigenvalue weighted by atomic mass is 9.66. The second-order valence-electron chi connectivity index (χ2n) is 10.8. The zero-order valence-corrected chi connectivity index (χ0v) is 22.9. The van der Waals surface area contributed by atoms with Gasteiger partial charge in [-0.1, -0.05) is 49.9 Å². The van der Waals surface area contributed by atoms with Gasteiger partial charge in [0.25, 0.3) is 5.91 Å². The molecule has 2 aliphatic rings. The quantitative estimate of drug-likeness (QED) is 0.350. The summed E-state index contributed by atoms with van der Waals surface area (Å²) in [6.07, 6.45) is 6.30. The van der Waals surface area contributed by atoms with Gasteiger partial charge in [0.2, 0.25) is 0 Å². The first-order chi connectivity index (χ1) is 18.3. The largest absolute Gasteiger partial charge is 0.481 e. The van der Waals surface area contributed by atoms with Gasteiger partial charge in [-0.25, -0.2) is 4.79 Å². The highest BCUT2D eigenvalue weighted by Gasteiger charge is 2.50. The molecule has 6 nitrogen and oxygen atoms in total. The molecule has 2 heterocycles. The van der Waals surface area contributed by atoms with E-state index < -0.39 is 11.7 Å². The number of ether oxygens (including phenoxy) is 1. The van der Waals surface area contributed by atoms with E-state index in [0.29, 0.717) is 29.3 Å². The number of unbranched alkanes of at least 4 members (excludes halogenated alkanes) is 1. The van der Waals surface area contributed by atoms with Crippen molar-refractivity contribution in [1.29, 1.82) is 0 Å².